The van der Waals surface area contributed by atoms with Crippen molar-refractivity contribution in [2.24, 2.45) is 0 Å². The minimum atomic E-state index is -0.438. The van der Waals surface area contributed by atoms with Crippen LogP contribution in [0.3, 0.4) is 0 Å². The normalized spacial score (nSPS) is 21.0. The van der Waals surface area contributed by atoms with E-state index in [1.165, 1.54) is 0 Å². The Morgan fingerprint density at radius 1 is 1.07 bits per heavy atom. The Kier molecular flexibility index (Phi) is 5.90. The summed E-state index contributed by atoms with van der Waals surface area (Å²) in [7, 11) is 1.55. The van der Waals surface area contributed by atoms with Crippen molar-refractivity contribution in [1.29, 1.82) is 0 Å². The Bertz CT molecular complexity index is 835. The molecule has 2 fully saturated rings. The molecule has 2 heterocycles. The summed E-state index contributed by atoms with van der Waals surface area (Å²) in [6.45, 7) is 1.34. The summed E-state index contributed by atoms with van der Waals surface area (Å²) in [6.07, 6.45) is 5.65. The molecule has 1 amide bonds. The summed E-state index contributed by atoms with van der Waals surface area (Å²) < 4.78 is 11.0. The molecule has 0 spiro atoms. The van der Waals surface area contributed by atoms with Gasteiger partial charge in [-0.25, -0.2) is 0 Å². The Hall–Kier alpha value is -2.34. The molecule has 6 nitrogen and oxygen atoms in total. The van der Waals surface area contributed by atoms with Crippen LogP contribution < -0.4 is 9.47 Å². The zero-order chi connectivity index (χ0) is 20.3. The summed E-state index contributed by atoms with van der Waals surface area (Å²) in [4.78, 5) is 15.7. The van der Waals surface area contributed by atoms with Gasteiger partial charge in [-0.1, -0.05) is 36.6 Å². The highest BCUT2D eigenvalue weighted by Crippen LogP contribution is 2.43. The largest absolute Gasteiger partial charge is 0.480 e. The van der Waals surface area contributed by atoms with Crippen molar-refractivity contribution >= 4 is 17.5 Å². The molecule has 1 aliphatic heterocycles. The number of hydrogen-bond donors (Lipinski definition) is 0. The van der Waals surface area contributed by atoms with Crippen LogP contribution in [0.15, 0.2) is 36.4 Å². The van der Waals surface area contributed by atoms with Gasteiger partial charge in [0.05, 0.1) is 19.1 Å². The molecule has 154 valence electrons. The quantitative estimate of drug-likeness (QED) is 0.737. The molecule has 1 aromatic heterocycles. The fraction of sp³-hybridized carbons (Fsp3) is 0.500. The summed E-state index contributed by atoms with van der Waals surface area (Å²) in [5.41, 5.74) is 0.639. The molecule has 29 heavy (non-hydrogen) atoms. The molecule has 4 rings (SSSR count). The number of piperidine rings is 1. The second-order valence-corrected chi connectivity index (χ2v) is 8.28. The van der Waals surface area contributed by atoms with Gasteiger partial charge in [-0.15, -0.1) is 10.2 Å². The lowest BCUT2D eigenvalue weighted by Crippen LogP contribution is -2.51. The number of amides is 1. The Balaban J connectivity index is 1.48. The van der Waals surface area contributed by atoms with Gasteiger partial charge in [0.15, 0.2) is 0 Å². The lowest BCUT2D eigenvalue weighted by Gasteiger charge is -2.39. The van der Waals surface area contributed by atoms with Crippen molar-refractivity contribution in [3.05, 3.63) is 47.0 Å². The first-order valence-electron chi connectivity index (χ1n) is 10.2. The second kappa shape index (κ2) is 8.57. The Morgan fingerprint density at radius 2 is 1.76 bits per heavy atom. The first-order valence-corrected chi connectivity index (χ1v) is 10.6. The summed E-state index contributed by atoms with van der Waals surface area (Å²) >= 11 is 6.08. The fourth-order valence-corrected chi connectivity index (χ4v) is 4.67. The van der Waals surface area contributed by atoms with Crippen molar-refractivity contribution in [2.45, 2.75) is 50.0 Å². The third-order valence-electron chi connectivity index (χ3n) is 6.04. The Morgan fingerprint density at radius 3 is 2.41 bits per heavy atom. The predicted molar refractivity (Wildman–Crippen MR) is 110 cm³/mol. The minimum Gasteiger partial charge on any atom is -0.480 e. The zero-order valence-corrected chi connectivity index (χ0v) is 17.4. The van der Waals surface area contributed by atoms with Gasteiger partial charge in [0, 0.05) is 23.7 Å². The predicted octanol–water partition coefficient (Wildman–Crippen LogP) is 4.02. The smallest absolute Gasteiger partial charge is 0.233 e. The number of aromatic nitrogens is 2. The van der Waals surface area contributed by atoms with E-state index in [4.69, 9.17) is 21.1 Å². The maximum Gasteiger partial charge on any atom is 0.233 e. The third-order valence-corrected chi connectivity index (χ3v) is 6.29. The SMILES string of the molecule is COc1ccc(OC2CCCN(C(=O)C3(c4ccc(Cl)cc4)CCCC3)C2)nn1. The number of carbonyl (C=O) groups excluding carboxylic acids is 1. The van der Waals surface area contributed by atoms with E-state index in [0.717, 1.165) is 50.6 Å². The molecular formula is C22H26ClN3O3. The van der Waals surface area contributed by atoms with Crippen molar-refractivity contribution < 1.29 is 14.3 Å². The highest BCUT2D eigenvalue weighted by Gasteiger charge is 2.45. The van der Waals surface area contributed by atoms with E-state index in [1.807, 2.05) is 29.2 Å². The minimum absolute atomic E-state index is 0.0842. The maximum atomic E-state index is 13.7. The Labute approximate surface area is 176 Å². The average Bonchev–Trinajstić information content (AvgIpc) is 3.25. The highest BCUT2D eigenvalue weighted by molar-refractivity contribution is 6.30. The standard InChI is InChI=1S/C22H26ClN3O3/c1-28-19-10-11-20(25-24-19)29-18-5-4-14-26(15-18)21(27)22(12-2-3-13-22)16-6-8-17(23)9-7-16/h6-11,18H,2-5,12-15H2,1H3. The van der Waals surface area contributed by atoms with Crippen molar-refractivity contribution in [3.8, 4) is 11.8 Å². The summed E-state index contributed by atoms with van der Waals surface area (Å²) in [5, 5.41) is 8.69. The molecule has 2 aromatic rings. The molecule has 7 heteroatoms. The van der Waals surface area contributed by atoms with Gasteiger partial charge >= 0.3 is 0 Å². The number of likely N-dealkylation sites (tertiary alicyclic amines) is 1. The van der Waals surface area contributed by atoms with Crippen LogP contribution in [0, 0.1) is 0 Å². The number of benzene rings is 1. The van der Waals surface area contributed by atoms with Gasteiger partial charge in [0.2, 0.25) is 17.7 Å². The molecule has 0 radical (unpaired) electrons. The van der Waals surface area contributed by atoms with Crippen LogP contribution >= 0.6 is 11.6 Å². The van der Waals surface area contributed by atoms with Crippen LogP contribution in [-0.4, -0.2) is 47.3 Å². The number of hydrogen-bond acceptors (Lipinski definition) is 5. The van der Waals surface area contributed by atoms with Gasteiger partial charge in [-0.2, -0.15) is 0 Å². The molecule has 0 N–H and O–H groups in total. The lowest BCUT2D eigenvalue weighted by molar-refractivity contribution is -0.140. The molecule has 1 saturated carbocycles. The topological polar surface area (TPSA) is 64.6 Å². The van der Waals surface area contributed by atoms with E-state index in [9.17, 15) is 4.79 Å². The molecule has 1 aliphatic carbocycles. The van der Waals surface area contributed by atoms with Crippen molar-refractivity contribution in [2.75, 3.05) is 20.2 Å². The van der Waals surface area contributed by atoms with E-state index < -0.39 is 5.41 Å². The number of halogens is 1. The molecule has 1 atom stereocenters. The first-order chi connectivity index (χ1) is 14.1. The van der Waals surface area contributed by atoms with Crippen LogP contribution in [-0.2, 0) is 10.2 Å². The summed E-state index contributed by atoms with van der Waals surface area (Å²) in [6, 6.07) is 11.3. The number of rotatable bonds is 5. The van der Waals surface area contributed by atoms with E-state index in [1.54, 1.807) is 19.2 Å². The van der Waals surface area contributed by atoms with Gasteiger partial charge < -0.3 is 14.4 Å². The van der Waals surface area contributed by atoms with E-state index >= 15 is 0 Å². The first kappa shape index (κ1) is 20.0. The maximum absolute atomic E-state index is 13.7. The number of carbonyl (C=O) groups is 1. The van der Waals surface area contributed by atoms with Crippen LogP contribution in [0.25, 0.3) is 0 Å². The second-order valence-electron chi connectivity index (χ2n) is 7.84. The molecule has 1 aromatic carbocycles. The van der Waals surface area contributed by atoms with E-state index in [-0.39, 0.29) is 12.0 Å². The van der Waals surface area contributed by atoms with Crippen molar-refractivity contribution in [3.63, 3.8) is 0 Å². The van der Waals surface area contributed by atoms with Crippen LogP contribution in [0.5, 0.6) is 11.8 Å². The highest BCUT2D eigenvalue weighted by atomic mass is 35.5. The molecule has 0 bridgehead atoms. The monoisotopic (exact) mass is 415 g/mol. The van der Waals surface area contributed by atoms with Crippen LogP contribution in [0.4, 0.5) is 0 Å². The van der Waals surface area contributed by atoms with Gasteiger partial charge in [0.1, 0.15) is 6.10 Å². The molecule has 1 unspecified atom stereocenters. The average molecular weight is 416 g/mol. The van der Waals surface area contributed by atoms with Gasteiger partial charge in [-0.05, 0) is 43.4 Å². The van der Waals surface area contributed by atoms with Crippen LogP contribution in [0.2, 0.25) is 5.02 Å². The lowest BCUT2D eigenvalue weighted by atomic mass is 9.77. The molecule has 2 aliphatic rings. The zero-order valence-electron chi connectivity index (χ0n) is 16.6. The third kappa shape index (κ3) is 4.17. The molecule has 1 saturated heterocycles. The number of ether oxygens (including phenoxy) is 2. The van der Waals surface area contributed by atoms with Gasteiger partial charge in [0.25, 0.3) is 0 Å². The van der Waals surface area contributed by atoms with Crippen molar-refractivity contribution in [1.82, 2.24) is 15.1 Å². The van der Waals surface area contributed by atoms with Gasteiger partial charge in [-0.3, -0.25) is 4.79 Å². The fourth-order valence-electron chi connectivity index (χ4n) is 4.55. The number of nitrogens with zero attached hydrogens (tertiary/aromatic N) is 3. The summed E-state index contributed by atoms with van der Waals surface area (Å²) in [5.74, 6) is 1.12. The number of methoxy groups -OCH3 is 1. The van der Waals surface area contributed by atoms with Crippen LogP contribution in [0.1, 0.15) is 44.1 Å². The molecular weight excluding hydrogens is 390 g/mol. The van der Waals surface area contributed by atoms with E-state index in [0.29, 0.717) is 23.3 Å². The van der Waals surface area contributed by atoms with E-state index in [2.05, 4.69) is 10.2 Å².